The van der Waals surface area contributed by atoms with Crippen molar-refractivity contribution in [1.82, 2.24) is 5.32 Å². The van der Waals surface area contributed by atoms with Gasteiger partial charge in [-0.05, 0) is 44.0 Å². The van der Waals surface area contributed by atoms with Crippen molar-refractivity contribution in [3.05, 3.63) is 29.8 Å². The molecule has 0 aromatic heterocycles. The van der Waals surface area contributed by atoms with Crippen molar-refractivity contribution in [2.45, 2.75) is 38.4 Å². The fourth-order valence-corrected chi connectivity index (χ4v) is 1.70. The van der Waals surface area contributed by atoms with Gasteiger partial charge in [0, 0.05) is 12.5 Å². The number of aromatic hydroxyl groups is 1. The third-order valence-electron chi connectivity index (χ3n) is 2.61. The largest absolute Gasteiger partial charge is 0.508 e. The Kier molecular flexibility index (Phi) is 5.47. The molecule has 0 bridgehead atoms. The molecule has 0 aliphatic carbocycles. The second-order valence-corrected chi connectivity index (χ2v) is 4.44. The van der Waals surface area contributed by atoms with Crippen LogP contribution in [0.4, 0.5) is 13.2 Å². The van der Waals surface area contributed by atoms with E-state index >= 15 is 0 Å². The molecule has 102 valence electrons. The number of phenolic OH excluding ortho intramolecular Hbond substituents is 1. The fraction of sp³-hybridized carbons (Fsp3) is 0.538. The quantitative estimate of drug-likeness (QED) is 0.770. The molecule has 0 fully saturated rings. The van der Waals surface area contributed by atoms with E-state index in [-0.39, 0.29) is 18.2 Å². The van der Waals surface area contributed by atoms with Gasteiger partial charge in [0.05, 0.1) is 0 Å². The molecular weight excluding hydrogens is 243 g/mol. The average Bonchev–Trinajstić information content (AvgIpc) is 2.26. The first-order chi connectivity index (χ1) is 8.37. The van der Waals surface area contributed by atoms with Crippen LogP contribution in [0.2, 0.25) is 0 Å². The van der Waals surface area contributed by atoms with Crippen LogP contribution in [0.3, 0.4) is 0 Å². The Balaban J connectivity index is 2.21. The summed E-state index contributed by atoms with van der Waals surface area (Å²) in [6.45, 7) is 2.29. The molecule has 1 atom stereocenters. The first-order valence-corrected chi connectivity index (χ1v) is 5.95. The molecule has 0 radical (unpaired) electrons. The molecule has 0 amide bonds. The lowest BCUT2D eigenvalue weighted by atomic mass is 10.1. The van der Waals surface area contributed by atoms with E-state index in [2.05, 4.69) is 5.32 Å². The van der Waals surface area contributed by atoms with Gasteiger partial charge in [0.15, 0.2) is 0 Å². The second kappa shape index (κ2) is 6.64. The van der Waals surface area contributed by atoms with Crippen LogP contribution in [-0.2, 0) is 6.42 Å². The van der Waals surface area contributed by atoms with Crippen molar-refractivity contribution >= 4 is 0 Å². The minimum Gasteiger partial charge on any atom is -0.508 e. The second-order valence-electron chi connectivity index (χ2n) is 4.44. The van der Waals surface area contributed by atoms with E-state index in [4.69, 9.17) is 5.11 Å². The van der Waals surface area contributed by atoms with Gasteiger partial charge >= 0.3 is 6.18 Å². The van der Waals surface area contributed by atoms with Gasteiger partial charge in [-0.1, -0.05) is 12.1 Å². The zero-order valence-corrected chi connectivity index (χ0v) is 10.3. The third kappa shape index (κ3) is 6.49. The summed E-state index contributed by atoms with van der Waals surface area (Å²) in [5.41, 5.74) is 1.05. The number of phenols is 1. The van der Waals surface area contributed by atoms with E-state index in [0.29, 0.717) is 6.54 Å². The summed E-state index contributed by atoms with van der Waals surface area (Å²) in [5, 5.41) is 12.2. The molecule has 2 nitrogen and oxygen atoms in total. The van der Waals surface area contributed by atoms with Crippen LogP contribution in [-0.4, -0.2) is 23.9 Å². The van der Waals surface area contributed by atoms with E-state index < -0.39 is 12.6 Å². The number of alkyl halides is 3. The number of halogens is 3. The molecule has 1 rings (SSSR count). The molecule has 1 aromatic rings. The minimum absolute atomic E-state index is 0.101. The van der Waals surface area contributed by atoms with Crippen LogP contribution < -0.4 is 5.32 Å². The summed E-state index contributed by atoms with van der Waals surface area (Å²) in [4.78, 5) is 0. The standard InChI is InChI=1S/C13H18F3NO/c1-10(17-8-2-7-13(14,15)16)9-11-3-5-12(18)6-4-11/h3-6,10,17-18H,2,7-9H2,1H3. The molecule has 0 saturated carbocycles. The highest BCUT2D eigenvalue weighted by Crippen LogP contribution is 2.20. The molecule has 1 unspecified atom stereocenters. The van der Waals surface area contributed by atoms with E-state index in [1.165, 1.54) is 0 Å². The zero-order chi connectivity index (χ0) is 13.6. The predicted octanol–water partition coefficient (Wildman–Crippen LogP) is 3.26. The molecule has 0 spiro atoms. The molecule has 5 heteroatoms. The molecule has 0 heterocycles. The van der Waals surface area contributed by atoms with E-state index in [9.17, 15) is 13.2 Å². The highest BCUT2D eigenvalue weighted by molar-refractivity contribution is 5.26. The van der Waals surface area contributed by atoms with Gasteiger partial charge in [0.25, 0.3) is 0 Å². The maximum absolute atomic E-state index is 11.9. The zero-order valence-electron chi connectivity index (χ0n) is 10.3. The van der Waals surface area contributed by atoms with Crippen molar-refractivity contribution < 1.29 is 18.3 Å². The number of rotatable bonds is 6. The molecule has 1 aromatic carbocycles. The Morgan fingerprint density at radius 1 is 1.22 bits per heavy atom. The van der Waals surface area contributed by atoms with E-state index in [1.54, 1.807) is 12.1 Å². The highest BCUT2D eigenvalue weighted by Gasteiger charge is 2.25. The summed E-state index contributed by atoms with van der Waals surface area (Å²) in [6.07, 6.45) is -3.98. The van der Waals surface area contributed by atoms with Gasteiger partial charge < -0.3 is 10.4 Å². The number of hydrogen-bond donors (Lipinski definition) is 2. The Bertz CT molecular complexity index is 348. The lowest BCUT2D eigenvalue weighted by Gasteiger charge is -2.14. The SMILES string of the molecule is CC(Cc1ccc(O)cc1)NCCCC(F)(F)F. The molecule has 0 aliphatic heterocycles. The van der Waals surface area contributed by atoms with E-state index in [0.717, 1.165) is 12.0 Å². The normalized spacial score (nSPS) is 13.6. The number of benzene rings is 1. The topological polar surface area (TPSA) is 32.3 Å². The molecule has 0 saturated heterocycles. The van der Waals surface area contributed by atoms with Gasteiger partial charge in [-0.25, -0.2) is 0 Å². The summed E-state index contributed by atoms with van der Waals surface area (Å²) in [6, 6.07) is 6.94. The van der Waals surface area contributed by atoms with Gasteiger partial charge in [-0.2, -0.15) is 13.2 Å². The fourth-order valence-electron chi connectivity index (χ4n) is 1.70. The Morgan fingerprint density at radius 2 is 1.83 bits per heavy atom. The van der Waals surface area contributed by atoms with E-state index in [1.807, 2.05) is 19.1 Å². The lowest BCUT2D eigenvalue weighted by molar-refractivity contribution is -0.135. The van der Waals surface area contributed by atoms with Crippen molar-refractivity contribution in [2.75, 3.05) is 6.54 Å². The van der Waals surface area contributed by atoms with Crippen LogP contribution in [0.5, 0.6) is 5.75 Å². The van der Waals surface area contributed by atoms with Crippen LogP contribution in [0.1, 0.15) is 25.3 Å². The predicted molar refractivity (Wildman–Crippen MR) is 64.6 cm³/mol. The average molecular weight is 261 g/mol. The van der Waals surface area contributed by atoms with Gasteiger partial charge in [0.1, 0.15) is 5.75 Å². The molecule has 18 heavy (non-hydrogen) atoms. The third-order valence-corrected chi connectivity index (χ3v) is 2.61. The number of nitrogens with one attached hydrogen (secondary N) is 1. The highest BCUT2D eigenvalue weighted by atomic mass is 19.4. The van der Waals surface area contributed by atoms with Crippen LogP contribution >= 0.6 is 0 Å². The van der Waals surface area contributed by atoms with Crippen LogP contribution in [0, 0.1) is 0 Å². The Hall–Kier alpha value is -1.23. The summed E-state index contributed by atoms with van der Waals surface area (Å²) in [5.74, 6) is 0.213. The summed E-state index contributed by atoms with van der Waals surface area (Å²) >= 11 is 0. The first kappa shape index (κ1) is 14.8. The molecule has 0 aliphatic rings. The lowest BCUT2D eigenvalue weighted by Crippen LogP contribution is -2.29. The Labute approximate surface area is 105 Å². The number of hydrogen-bond acceptors (Lipinski definition) is 2. The maximum atomic E-state index is 11.9. The summed E-state index contributed by atoms with van der Waals surface area (Å²) in [7, 11) is 0. The minimum atomic E-state index is -4.07. The smallest absolute Gasteiger partial charge is 0.389 e. The van der Waals surface area contributed by atoms with Gasteiger partial charge in [0.2, 0.25) is 0 Å². The van der Waals surface area contributed by atoms with Gasteiger partial charge in [-0.3, -0.25) is 0 Å². The van der Waals surface area contributed by atoms with Gasteiger partial charge in [-0.15, -0.1) is 0 Å². The van der Waals surface area contributed by atoms with Crippen molar-refractivity contribution in [3.8, 4) is 5.75 Å². The van der Waals surface area contributed by atoms with Crippen molar-refractivity contribution in [3.63, 3.8) is 0 Å². The maximum Gasteiger partial charge on any atom is 0.389 e. The van der Waals surface area contributed by atoms with Crippen molar-refractivity contribution in [2.24, 2.45) is 0 Å². The Morgan fingerprint density at radius 3 is 2.39 bits per heavy atom. The van der Waals surface area contributed by atoms with Crippen LogP contribution in [0.15, 0.2) is 24.3 Å². The van der Waals surface area contributed by atoms with Crippen LogP contribution in [0.25, 0.3) is 0 Å². The monoisotopic (exact) mass is 261 g/mol. The first-order valence-electron chi connectivity index (χ1n) is 5.95. The molecule has 2 N–H and O–H groups in total. The molecular formula is C13H18F3NO. The summed E-state index contributed by atoms with van der Waals surface area (Å²) < 4.78 is 35.7. The van der Waals surface area contributed by atoms with Crippen molar-refractivity contribution in [1.29, 1.82) is 0 Å².